The van der Waals surface area contributed by atoms with Gasteiger partial charge in [-0.2, -0.15) is 0 Å². The first kappa shape index (κ1) is 16.4. The van der Waals surface area contributed by atoms with Gasteiger partial charge in [-0.1, -0.05) is 43.2 Å². The molecule has 0 spiro atoms. The summed E-state index contributed by atoms with van der Waals surface area (Å²) in [5, 5.41) is 10.1. The van der Waals surface area contributed by atoms with E-state index in [0.717, 1.165) is 31.5 Å². The van der Waals surface area contributed by atoms with Gasteiger partial charge in [0.2, 0.25) is 5.91 Å². The van der Waals surface area contributed by atoms with Gasteiger partial charge in [0.1, 0.15) is 0 Å². The lowest BCUT2D eigenvalue weighted by molar-refractivity contribution is -0.130. The minimum Gasteiger partial charge on any atom is -0.388 e. The molecule has 0 aromatic heterocycles. The van der Waals surface area contributed by atoms with Crippen LogP contribution in [0.5, 0.6) is 0 Å². The molecule has 0 saturated carbocycles. The summed E-state index contributed by atoms with van der Waals surface area (Å²) < 4.78 is 0. The number of benzene rings is 1. The maximum absolute atomic E-state index is 12.4. The van der Waals surface area contributed by atoms with Crippen LogP contribution in [0.15, 0.2) is 30.3 Å². The van der Waals surface area contributed by atoms with Crippen molar-refractivity contribution in [3.8, 4) is 0 Å². The third kappa shape index (κ3) is 5.04. The summed E-state index contributed by atoms with van der Waals surface area (Å²) >= 11 is 1.55. The number of likely N-dealkylation sites (tertiary alicyclic amines) is 1. The molecule has 1 aromatic rings. The molecule has 0 bridgehead atoms. The van der Waals surface area contributed by atoms with E-state index in [1.54, 1.807) is 11.8 Å². The Morgan fingerprint density at radius 1 is 1.19 bits per heavy atom. The summed E-state index contributed by atoms with van der Waals surface area (Å²) in [5.41, 5.74) is 0.916. The smallest absolute Gasteiger partial charge is 0.235 e. The first-order valence-corrected chi connectivity index (χ1v) is 8.87. The maximum Gasteiger partial charge on any atom is 0.235 e. The van der Waals surface area contributed by atoms with Crippen LogP contribution in [0.25, 0.3) is 0 Å². The molecule has 2 atom stereocenters. The van der Waals surface area contributed by atoms with Crippen LogP contribution in [-0.4, -0.2) is 40.0 Å². The quantitative estimate of drug-likeness (QED) is 0.908. The summed E-state index contributed by atoms with van der Waals surface area (Å²) in [6.07, 6.45) is 4.21. The predicted octanol–water partition coefficient (Wildman–Crippen LogP) is 3.24. The fourth-order valence-corrected chi connectivity index (χ4v) is 3.58. The van der Waals surface area contributed by atoms with Crippen LogP contribution < -0.4 is 0 Å². The van der Waals surface area contributed by atoms with E-state index >= 15 is 0 Å². The molecular weight excluding hydrogens is 282 g/mol. The number of carbonyl (C=O) groups is 1. The van der Waals surface area contributed by atoms with Gasteiger partial charge in [0.05, 0.1) is 11.4 Å². The summed E-state index contributed by atoms with van der Waals surface area (Å²) in [5.74, 6) is 0.785. The Labute approximate surface area is 131 Å². The van der Waals surface area contributed by atoms with E-state index in [4.69, 9.17) is 0 Å². The van der Waals surface area contributed by atoms with Crippen molar-refractivity contribution in [1.82, 2.24) is 4.90 Å². The number of aliphatic hydroxyl groups is 1. The van der Waals surface area contributed by atoms with Gasteiger partial charge in [-0.3, -0.25) is 4.79 Å². The van der Waals surface area contributed by atoms with Crippen LogP contribution in [0, 0.1) is 0 Å². The highest BCUT2D eigenvalue weighted by Crippen LogP contribution is 2.23. The zero-order valence-electron chi connectivity index (χ0n) is 12.7. The first-order valence-electron chi connectivity index (χ1n) is 7.82. The topological polar surface area (TPSA) is 40.5 Å². The SMILES string of the molecule is CC(SCC(O)c1ccccc1)C(=O)N1CCCCCC1. The molecule has 1 N–H and O–H groups in total. The van der Waals surface area contributed by atoms with Gasteiger partial charge in [-0.15, -0.1) is 11.8 Å². The van der Waals surface area contributed by atoms with Crippen molar-refractivity contribution in [3.63, 3.8) is 0 Å². The lowest BCUT2D eigenvalue weighted by atomic mass is 10.1. The van der Waals surface area contributed by atoms with Gasteiger partial charge in [0.15, 0.2) is 0 Å². The van der Waals surface area contributed by atoms with E-state index in [-0.39, 0.29) is 11.2 Å². The average Bonchev–Trinajstić information content (AvgIpc) is 2.81. The number of hydrogen-bond acceptors (Lipinski definition) is 3. The molecule has 1 saturated heterocycles. The summed E-state index contributed by atoms with van der Waals surface area (Å²) in [7, 11) is 0. The van der Waals surface area contributed by atoms with Gasteiger partial charge < -0.3 is 10.0 Å². The van der Waals surface area contributed by atoms with Crippen molar-refractivity contribution in [2.24, 2.45) is 0 Å². The number of nitrogens with zero attached hydrogens (tertiary/aromatic N) is 1. The number of hydrogen-bond donors (Lipinski definition) is 1. The van der Waals surface area contributed by atoms with Crippen molar-refractivity contribution in [2.75, 3.05) is 18.8 Å². The first-order chi connectivity index (χ1) is 10.2. The molecule has 0 aliphatic carbocycles. The Balaban J connectivity index is 1.80. The van der Waals surface area contributed by atoms with Crippen molar-refractivity contribution in [1.29, 1.82) is 0 Å². The molecule has 2 rings (SSSR count). The van der Waals surface area contributed by atoms with E-state index in [9.17, 15) is 9.90 Å². The number of thioether (sulfide) groups is 1. The van der Waals surface area contributed by atoms with Gasteiger partial charge >= 0.3 is 0 Å². The lowest BCUT2D eigenvalue weighted by Gasteiger charge is -2.24. The van der Waals surface area contributed by atoms with Crippen LogP contribution >= 0.6 is 11.8 Å². The molecule has 3 nitrogen and oxygen atoms in total. The normalized spacial score (nSPS) is 18.9. The molecule has 1 amide bonds. The molecule has 116 valence electrons. The molecule has 1 aromatic carbocycles. The number of rotatable bonds is 5. The van der Waals surface area contributed by atoms with E-state index in [2.05, 4.69) is 0 Å². The molecule has 21 heavy (non-hydrogen) atoms. The monoisotopic (exact) mass is 307 g/mol. The predicted molar refractivity (Wildman–Crippen MR) is 88.4 cm³/mol. The number of aliphatic hydroxyl groups excluding tert-OH is 1. The van der Waals surface area contributed by atoms with Crippen molar-refractivity contribution >= 4 is 17.7 Å². The van der Waals surface area contributed by atoms with Crippen LogP contribution in [0.2, 0.25) is 0 Å². The van der Waals surface area contributed by atoms with Crippen LogP contribution in [0.3, 0.4) is 0 Å². The van der Waals surface area contributed by atoms with Gasteiger partial charge in [-0.05, 0) is 25.3 Å². The lowest BCUT2D eigenvalue weighted by Crippen LogP contribution is -2.37. The molecule has 1 aliphatic heterocycles. The highest BCUT2D eigenvalue weighted by molar-refractivity contribution is 8.00. The van der Waals surface area contributed by atoms with E-state index in [1.165, 1.54) is 12.8 Å². The summed E-state index contributed by atoms with van der Waals surface area (Å²) in [4.78, 5) is 14.4. The second kappa shape index (κ2) is 8.44. The van der Waals surface area contributed by atoms with Gasteiger partial charge in [0.25, 0.3) is 0 Å². The molecule has 1 heterocycles. The average molecular weight is 307 g/mol. The highest BCUT2D eigenvalue weighted by Gasteiger charge is 2.22. The van der Waals surface area contributed by atoms with Crippen molar-refractivity contribution in [3.05, 3.63) is 35.9 Å². The fraction of sp³-hybridized carbons (Fsp3) is 0.588. The van der Waals surface area contributed by atoms with Crippen molar-refractivity contribution < 1.29 is 9.90 Å². The highest BCUT2D eigenvalue weighted by atomic mass is 32.2. The summed E-state index contributed by atoms with van der Waals surface area (Å²) in [6.45, 7) is 3.74. The summed E-state index contributed by atoms with van der Waals surface area (Å²) in [6, 6.07) is 9.64. The number of carbonyl (C=O) groups excluding carboxylic acids is 1. The van der Waals surface area contributed by atoms with E-state index in [0.29, 0.717) is 5.75 Å². The number of amides is 1. The van der Waals surface area contributed by atoms with Gasteiger partial charge in [0, 0.05) is 18.8 Å². The largest absolute Gasteiger partial charge is 0.388 e. The molecule has 0 radical (unpaired) electrons. The third-order valence-corrected chi connectivity index (χ3v) is 5.16. The zero-order chi connectivity index (χ0) is 15.1. The van der Waals surface area contributed by atoms with Crippen molar-refractivity contribution in [2.45, 2.75) is 44.0 Å². The molecular formula is C17H25NO2S. The Morgan fingerprint density at radius 3 is 2.43 bits per heavy atom. The Morgan fingerprint density at radius 2 is 1.81 bits per heavy atom. The minimum atomic E-state index is -0.504. The Kier molecular flexibility index (Phi) is 6.58. The second-order valence-electron chi connectivity index (χ2n) is 5.64. The molecule has 2 unspecified atom stereocenters. The fourth-order valence-electron chi connectivity index (χ4n) is 2.63. The van der Waals surface area contributed by atoms with Crippen LogP contribution in [0.1, 0.15) is 44.3 Å². The van der Waals surface area contributed by atoms with Crippen LogP contribution in [0.4, 0.5) is 0 Å². The Bertz CT molecular complexity index is 430. The standard InChI is InChI=1S/C17H25NO2S/c1-14(17(20)18-11-7-2-3-8-12-18)21-13-16(19)15-9-5-4-6-10-15/h4-6,9-10,14,16,19H,2-3,7-8,11-13H2,1H3. The van der Waals surface area contributed by atoms with Crippen LogP contribution in [-0.2, 0) is 4.79 Å². The van der Waals surface area contributed by atoms with E-state index in [1.807, 2.05) is 42.2 Å². The minimum absolute atomic E-state index is 0.0820. The zero-order valence-corrected chi connectivity index (χ0v) is 13.5. The Hall–Kier alpha value is -1.00. The maximum atomic E-state index is 12.4. The second-order valence-corrected chi connectivity index (χ2v) is 7.02. The third-order valence-electron chi connectivity index (χ3n) is 3.95. The molecule has 1 fully saturated rings. The van der Waals surface area contributed by atoms with E-state index < -0.39 is 6.10 Å². The van der Waals surface area contributed by atoms with Gasteiger partial charge in [-0.25, -0.2) is 0 Å². The molecule has 1 aliphatic rings. The molecule has 4 heteroatoms.